The van der Waals surface area contributed by atoms with Gasteiger partial charge in [0.15, 0.2) is 0 Å². The number of nitrogens with zero attached hydrogens (tertiary/aromatic N) is 1. The number of aromatic nitrogens is 2. The average Bonchev–Trinajstić information content (AvgIpc) is 2.81. The number of terminal acetylenes is 1. The van der Waals surface area contributed by atoms with Gasteiger partial charge in [0.2, 0.25) is 0 Å². The van der Waals surface area contributed by atoms with Crippen molar-refractivity contribution < 1.29 is 4.74 Å². The molecular formula is C15H16N2O. The second-order valence-electron chi connectivity index (χ2n) is 4.09. The third-order valence-electron chi connectivity index (χ3n) is 2.78. The van der Waals surface area contributed by atoms with E-state index in [0.717, 1.165) is 35.5 Å². The van der Waals surface area contributed by atoms with Gasteiger partial charge in [0.25, 0.3) is 0 Å². The summed E-state index contributed by atoms with van der Waals surface area (Å²) in [4.78, 5) is 7.32. The lowest BCUT2D eigenvalue weighted by Crippen LogP contribution is -2.00. The minimum absolute atomic E-state index is 0.682. The van der Waals surface area contributed by atoms with E-state index in [-0.39, 0.29) is 0 Å². The van der Waals surface area contributed by atoms with E-state index in [9.17, 15) is 0 Å². The van der Waals surface area contributed by atoms with Gasteiger partial charge in [-0.15, -0.1) is 6.42 Å². The highest BCUT2D eigenvalue weighted by molar-refractivity contribution is 5.36. The number of imidazole rings is 1. The number of aryl methyl sites for hydroxylation is 2. The number of hydrogen-bond acceptors (Lipinski definition) is 2. The summed E-state index contributed by atoms with van der Waals surface area (Å²) in [5.41, 5.74) is 3.11. The maximum Gasteiger partial charge on any atom is 0.119 e. The van der Waals surface area contributed by atoms with Crippen LogP contribution in [0.15, 0.2) is 30.6 Å². The molecule has 0 spiro atoms. The molecule has 2 aromatic rings. The molecule has 0 atom stereocenters. The molecule has 92 valence electrons. The summed E-state index contributed by atoms with van der Waals surface area (Å²) in [5, 5.41) is 0. The van der Waals surface area contributed by atoms with E-state index in [1.165, 1.54) is 0 Å². The van der Waals surface area contributed by atoms with Crippen molar-refractivity contribution in [3.05, 3.63) is 47.5 Å². The summed E-state index contributed by atoms with van der Waals surface area (Å²) < 4.78 is 5.64. The van der Waals surface area contributed by atoms with Gasteiger partial charge in [0.05, 0.1) is 18.6 Å². The van der Waals surface area contributed by atoms with Crippen LogP contribution in [-0.4, -0.2) is 16.6 Å². The van der Waals surface area contributed by atoms with Gasteiger partial charge in [-0.2, -0.15) is 0 Å². The van der Waals surface area contributed by atoms with Crippen molar-refractivity contribution in [2.24, 2.45) is 0 Å². The lowest BCUT2D eigenvalue weighted by atomic mass is 10.2. The minimum atomic E-state index is 0.682. The number of H-pyrrole nitrogens is 1. The fourth-order valence-electron chi connectivity index (χ4n) is 1.72. The Bertz CT molecular complexity index is 534. The Morgan fingerprint density at radius 1 is 1.33 bits per heavy atom. The van der Waals surface area contributed by atoms with Crippen LogP contribution in [0, 0.1) is 19.3 Å². The normalized spacial score (nSPS) is 10.0. The molecular weight excluding hydrogens is 224 g/mol. The molecule has 1 aromatic heterocycles. The van der Waals surface area contributed by atoms with Crippen molar-refractivity contribution in [2.45, 2.75) is 19.8 Å². The molecule has 1 heterocycles. The molecule has 1 aromatic carbocycles. The Morgan fingerprint density at radius 2 is 2.11 bits per heavy atom. The first kappa shape index (κ1) is 12.3. The second kappa shape index (κ2) is 5.92. The number of nitrogens with one attached hydrogen (secondary N) is 1. The van der Waals surface area contributed by atoms with Crippen LogP contribution >= 0.6 is 0 Å². The molecule has 3 heteroatoms. The van der Waals surface area contributed by atoms with Crippen LogP contribution in [0.2, 0.25) is 0 Å². The summed E-state index contributed by atoms with van der Waals surface area (Å²) in [6.45, 7) is 2.71. The summed E-state index contributed by atoms with van der Waals surface area (Å²) in [6, 6.07) is 7.56. The molecule has 0 radical (unpaired) electrons. The highest BCUT2D eigenvalue weighted by atomic mass is 16.5. The predicted molar refractivity (Wildman–Crippen MR) is 71.5 cm³/mol. The van der Waals surface area contributed by atoms with Crippen molar-refractivity contribution in [2.75, 3.05) is 6.61 Å². The van der Waals surface area contributed by atoms with Crippen LogP contribution in [0.5, 0.6) is 5.75 Å². The summed E-state index contributed by atoms with van der Waals surface area (Å²) in [6.07, 6.45) is 8.89. The van der Waals surface area contributed by atoms with E-state index in [1.807, 2.05) is 31.2 Å². The third kappa shape index (κ3) is 3.14. The number of aromatic amines is 1. The first-order valence-electron chi connectivity index (χ1n) is 5.98. The van der Waals surface area contributed by atoms with E-state index in [0.29, 0.717) is 6.61 Å². The fourth-order valence-corrected chi connectivity index (χ4v) is 1.72. The topological polar surface area (TPSA) is 37.9 Å². The third-order valence-corrected chi connectivity index (χ3v) is 2.78. The van der Waals surface area contributed by atoms with Crippen molar-refractivity contribution >= 4 is 0 Å². The van der Waals surface area contributed by atoms with Gasteiger partial charge in [-0.1, -0.05) is 5.92 Å². The zero-order chi connectivity index (χ0) is 12.8. The van der Waals surface area contributed by atoms with E-state index in [4.69, 9.17) is 11.2 Å². The summed E-state index contributed by atoms with van der Waals surface area (Å²) in [7, 11) is 0. The van der Waals surface area contributed by atoms with E-state index in [2.05, 4.69) is 15.9 Å². The van der Waals surface area contributed by atoms with Gasteiger partial charge in [0, 0.05) is 11.3 Å². The maximum atomic E-state index is 5.64. The van der Waals surface area contributed by atoms with Gasteiger partial charge >= 0.3 is 0 Å². The Labute approximate surface area is 107 Å². The molecule has 0 aliphatic carbocycles. The van der Waals surface area contributed by atoms with Crippen molar-refractivity contribution in [3.8, 4) is 18.1 Å². The predicted octanol–water partition coefficient (Wildman–Crippen LogP) is 2.71. The van der Waals surface area contributed by atoms with Crippen LogP contribution in [0.25, 0.3) is 0 Å². The Balaban J connectivity index is 1.75. The van der Waals surface area contributed by atoms with Gasteiger partial charge in [0.1, 0.15) is 5.75 Å². The SMILES string of the molecule is C#Cc1ccc(OCCCc2nc[nH]c2C)cc1. The van der Waals surface area contributed by atoms with E-state index >= 15 is 0 Å². The average molecular weight is 240 g/mol. The zero-order valence-electron chi connectivity index (χ0n) is 10.4. The molecule has 0 saturated heterocycles. The first-order chi connectivity index (χ1) is 8.79. The molecule has 3 nitrogen and oxygen atoms in total. The maximum absolute atomic E-state index is 5.64. The fraction of sp³-hybridized carbons (Fsp3) is 0.267. The highest BCUT2D eigenvalue weighted by Gasteiger charge is 2.00. The quantitative estimate of drug-likeness (QED) is 0.644. The van der Waals surface area contributed by atoms with Crippen molar-refractivity contribution in [1.82, 2.24) is 9.97 Å². The van der Waals surface area contributed by atoms with Gasteiger partial charge in [-0.25, -0.2) is 4.98 Å². The highest BCUT2D eigenvalue weighted by Crippen LogP contribution is 2.12. The van der Waals surface area contributed by atoms with Gasteiger partial charge in [-0.3, -0.25) is 0 Å². The van der Waals surface area contributed by atoms with Gasteiger partial charge < -0.3 is 9.72 Å². The molecule has 18 heavy (non-hydrogen) atoms. The molecule has 0 bridgehead atoms. The van der Waals surface area contributed by atoms with E-state index < -0.39 is 0 Å². The molecule has 0 saturated carbocycles. The number of rotatable bonds is 5. The molecule has 0 amide bonds. The number of benzene rings is 1. The lowest BCUT2D eigenvalue weighted by Gasteiger charge is -2.05. The second-order valence-corrected chi connectivity index (χ2v) is 4.09. The van der Waals surface area contributed by atoms with Crippen molar-refractivity contribution in [1.29, 1.82) is 0 Å². The molecule has 2 rings (SSSR count). The minimum Gasteiger partial charge on any atom is -0.494 e. The smallest absolute Gasteiger partial charge is 0.119 e. The zero-order valence-corrected chi connectivity index (χ0v) is 10.4. The van der Waals surface area contributed by atoms with Crippen molar-refractivity contribution in [3.63, 3.8) is 0 Å². The Hall–Kier alpha value is -2.21. The first-order valence-corrected chi connectivity index (χ1v) is 5.98. The Kier molecular flexibility index (Phi) is 4.03. The Morgan fingerprint density at radius 3 is 2.72 bits per heavy atom. The van der Waals surface area contributed by atoms with Gasteiger partial charge in [-0.05, 0) is 44.0 Å². The molecule has 0 fully saturated rings. The van der Waals surface area contributed by atoms with E-state index in [1.54, 1.807) is 6.33 Å². The monoisotopic (exact) mass is 240 g/mol. The largest absolute Gasteiger partial charge is 0.494 e. The molecule has 0 unspecified atom stereocenters. The number of hydrogen-bond donors (Lipinski definition) is 1. The van der Waals surface area contributed by atoms with Crippen LogP contribution in [-0.2, 0) is 6.42 Å². The van der Waals surface area contributed by atoms with Crippen LogP contribution in [0.4, 0.5) is 0 Å². The molecule has 0 aliphatic rings. The summed E-state index contributed by atoms with van der Waals surface area (Å²) >= 11 is 0. The molecule has 0 aliphatic heterocycles. The standard InChI is InChI=1S/C15H16N2O/c1-3-13-6-8-14(9-7-13)18-10-4-5-15-12(2)16-11-17-15/h1,6-9,11H,4-5,10H2,2H3,(H,16,17). The van der Waals surface area contributed by atoms with Crippen LogP contribution in [0.1, 0.15) is 23.4 Å². The number of ether oxygens (including phenoxy) is 1. The lowest BCUT2D eigenvalue weighted by molar-refractivity contribution is 0.310. The summed E-state index contributed by atoms with van der Waals surface area (Å²) in [5.74, 6) is 3.43. The molecule has 1 N–H and O–H groups in total. The van der Waals surface area contributed by atoms with Crippen LogP contribution in [0.3, 0.4) is 0 Å². The van der Waals surface area contributed by atoms with Crippen LogP contribution < -0.4 is 4.74 Å².